The zero-order valence-electron chi connectivity index (χ0n) is 16.3. The lowest BCUT2D eigenvalue weighted by molar-refractivity contribution is 0.578. The second-order valence-electron chi connectivity index (χ2n) is 7.26. The number of hydrogen-bond donors (Lipinski definition) is 1. The van der Waals surface area contributed by atoms with Gasteiger partial charge >= 0.3 is 0 Å². The van der Waals surface area contributed by atoms with Crippen LogP contribution >= 0.6 is 11.6 Å². The van der Waals surface area contributed by atoms with Crippen molar-refractivity contribution in [2.45, 2.75) is 24.2 Å². The number of aryl methyl sites for hydroxylation is 2. The number of halogens is 2. The Kier molecular flexibility index (Phi) is 6.09. The maximum atomic E-state index is 13.1. The largest absolute Gasteiger partial charge is 0.341 e. The first-order valence-electron chi connectivity index (χ1n) is 9.83. The summed E-state index contributed by atoms with van der Waals surface area (Å²) in [5.41, 5.74) is 4.67. The summed E-state index contributed by atoms with van der Waals surface area (Å²) in [6, 6.07) is 19.0. The topological polar surface area (TPSA) is 49.4 Å². The van der Waals surface area contributed by atoms with E-state index in [9.17, 15) is 12.8 Å². The van der Waals surface area contributed by atoms with E-state index in [-0.39, 0.29) is 11.4 Å². The van der Waals surface area contributed by atoms with Crippen LogP contribution in [0.3, 0.4) is 0 Å². The molecule has 0 spiro atoms. The van der Waals surface area contributed by atoms with Crippen molar-refractivity contribution in [1.29, 1.82) is 0 Å². The molecule has 0 atom stereocenters. The molecule has 7 heteroatoms. The van der Waals surface area contributed by atoms with Gasteiger partial charge in [0.2, 0.25) is 10.0 Å². The minimum atomic E-state index is -3.67. The summed E-state index contributed by atoms with van der Waals surface area (Å²) >= 11 is 6.28. The Bertz CT molecular complexity index is 1150. The highest BCUT2D eigenvalue weighted by Gasteiger charge is 2.21. The molecule has 0 radical (unpaired) electrons. The summed E-state index contributed by atoms with van der Waals surface area (Å²) in [6.07, 6.45) is 2.47. The van der Waals surface area contributed by atoms with Gasteiger partial charge in [0.15, 0.2) is 0 Å². The molecule has 0 fully saturated rings. The van der Waals surface area contributed by atoms with E-state index in [0.717, 1.165) is 36.3 Å². The van der Waals surface area contributed by atoms with Crippen LogP contribution in [0.4, 0.5) is 15.8 Å². The third-order valence-corrected chi connectivity index (χ3v) is 6.97. The van der Waals surface area contributed by atoms with Crippen LogP contribution in [0.2, 0.25) is 5.02 Å². The Labute approximate surface area is 181 Å². The van der Waals surface area contributed by atoms with Gasteiger partial charge in [-0.05, 0) is 72.9 Å². The predicted molar refractivity (Wildman–Crippen MR) is 119 cm³/mol. The Hall–Kier alpha value is -2.41. The molecule has 0 unspecified atom stereocenters. The molecule has 0 aromatic heterocycles. The van der Waals surface area contributed by atoms with Crippen LogP contribution in [-0.4, -0.2) is 21.5 Å². The molecule has 30 heavy (non-hydrogen) atoms. The van der Waals surface area contributed by atoms with Crippen molar-refractivity contribution in [2.24, 2.45) is 0 Å². The fourth-order valence-electron chi connectivity index (χ4n) is 3.77. The van der Waals surface area contributed by atoms with Gasteiger partial charge in [-0.15, -0.1) is 0 Å². The van der Waals surface area contributed by atoms with Gasteiger partial charge in [-0.1, -0.05) is 35.9 Å². The number of rotatable bonds is 6. The van der Waals surface area contributed by atoms with E-state index in [4.69, 9.17) is 11.6 Å². The molecule has 156 valence electrons. The molecule has 0 aliphatic carbocycles. The van der Waals surface area contributed by atoms with Crippen LogP contribution in [0, 0.1) is 5.82 Å². The fourth-order valence-corrected chi connectivity index (χ4v) is 5.01. The molecular formula is C23H22ClFN2O2S. The minimum Gasteiger partial charge on any atom is -0.341 e. The van der Waals surface area contributed by atoms with Crippen molar-refractivity contribution in [1.82, 2.24) is 4.72 Å². The van der Waals surface area contributed by atoms with E-state index >= 15 is 0 Å². The summed E-state index contributed by atoms with van der Waals surface area (Å²) in [5, 5.41) is 0.676. The molecule has 0 saturated carbocycles. The lowest BCUT2D eigenvalue weighted by Crippen LogP contribution is -2.28. The van der Waals surface area contributed by atoms with Crippen LogP contribution in [0.15, 0.2) is 71.6 Å². The smallest absolute Gasteiger partial charge is 0.240 e. The van der Waals surface area contributed by atoms with Crippen LogP contribution in [0.5, 0.6) is 0 Å². The third kappa shape index (κ3) is 4.51. The SMILES string of the molecule is O=S(=O)(NCCCN1c2ccccc2CCc2ccc(Cl)cc21)c1ccc(F)cc1. The first-order chi connectivity index (χ1) is 14.4. The highest BCUT2D eigenvalue weighted by Crippen LogP contribution is 2.37. The fraction of sp³-hybridized carbons (Fsp3) is 0.217. The maximum absolute atomic E-state index is 13.1. The van der Waals surface area contributed by atoms with Gasteiger partial charge in [-0.3, -0.25) is 0 Å². The van der Waals surface area contributed by atoms with Crippen molar-refractivity contribution >= 4 is 33.0 Å². The zero-order valence-corrected chi connectivity index (χ0v) is 17.9. The second-order valence-corrected chi connectivity index (χ2v) is 9.46. The molecule has 1 aliphatic heterocycles. The van der Waals surface area contributed by atoms with Gasteiger partial charge in [0.05, 0.1) is 4.90 Å². The van der Waals surface area contributed by atoms with Crippen molar-refractivity contribution in [3.05, 3.63) is 88.7 Å². The number of hydrogen-bond acceptors (Lipinski definition) is 3. The van der Waals surface area contributed by atoms with Gasteiger partial charge in [-0.2, -0.15) is 0 Å². The molecule has 1 aliphatic rings. The van der Waals surface area contributed by atoms with Crippen molar-refractivity contribution < 1.29 is 12.8 Å². The molecule has 1 N–H and O–H groups in total. The molecule has 3 aromatic carbocycles. The van der Waals surface area contributed by atoms with Gasteiger partial charge in [-0.25, -0.2) is 17.5 Å². The second kappa shape index (κ2) is 8.76. The van der Waals surface area contributed by atoms with Crippen LogP contribution in [-0.2, 0) is 22.9 Å². The minimum absolute atomic E-state index is 0.0566. The molecule has 1 heterocycles. The molecule has 0 amide bonds. The van der Waals surface area contributed by atoms with Gasteiger partial charge in [0.1, 0.15) is 5.82 Å². The molecule has 0 saturated heterocycles. The number of para-hydroxylation sites is 1. The van der Waals surface area contributed by atoms with E-state index in [2.05, 4.69) is 27.8 Å². The van der Waals surface area contributed by atoms with E-state index in [1.807, 2.05) is 24.3 Å². The van der Waals surface area contributed by atoms with Crippen molar-refractivity contribution in [3.63, 3.8) is 0 Å². The van der Waals surface area contributed by atoms with Gasteiger partial charge in [0.25, 0.3) is 0 Å². The molecular weight excluding hydrogens is 423 g/mol. The number of nitrogens with one attached hydrogen (secondary N) is 1. The summed E-state index contributed by atoms with van der Waals surface area (Å²) in [6.45, 7) is 0.907. The summed E-state index contributed by atoms with van der Waals surface area (Å²) in [5.74, 6) is -0.467. The summed E-state index contributed by atoms with van der Waals surface area (Å²) in [7, 11) is -3.67. The van der Waals surface area contributed by atoms with Crippen LogP contribution in [0.1, 0.15) is 17.5 Å². The number of nitrogens with zero attached hydrogens (tertiary/aromatic N) is 1. The quantitative estimate of drug-likeness (QED) is 0.539. The Morgan fingerprint density at radius 3 is 2.40 bits per heavy atom. The lowest BCUT2D eigenvalue weighted by Gasteiger charge is -2.27. The first-order valence-corrected chi connectivity index (χ1v) is 11.7. The maximum Gasteiger partial charge on any atom is 0.240 e. The number of benzene rings is 3. The predicted octanol–water partition coefficient (Wildman–Crippen LogP) is 5.08. The van der Waals surface area contributed by atoms with Gasteiger partial charge in [0, 0.05) is 29.5 Å². The van der Waals surface area contributed by atoms with Crippen molar-refractivity contribution in [2.75, 3.05) is 18.0 Å². The van der Waals surface area contributed by atoms with E-state index in [0.29, 0.717) is 18.0 Å². The third-order valence-electron chi connectivity index (χ3n) is 5.26. The van der Waals surface area contributed by atoms with Crippen molar-refractivity contribution in [3.8, 4) is 0 Å². The number of fused-ring (bicyclic) bond motifs is 2. The monoisotopic (exact) mass is 444 g/mol. The molecule has 4 rings (SSSR count). The van der Waals surface area contributed by atoms with E-state index in [1.54, 1.807) is 0 Å². The highest BCUT2D eigenvalue weighted by molar-refractivity contribution is 7.89. The molecule has 0 bridgehead atoms. The van der Waals surface area contributed by atoms with Gasteiger partial charge < -0.3 is 4.90 Å². The Morgan fingerprint density at radius 1 is 0.933 bits per heavy atom. The molecule has 3 aromatic rings. The average Bonchev–Trinajstić information content (AvgIpc) is 2.88. The standard InChI is InChI=1S/C23H22ClFN2O2S/c24-19-9-8-18-7-6-17-4-1-2-5-22(17)27(23(18)16-19)15-3-14-26-30(28,29)21-12-10-20(25)11-13-21/h1-2,4-5,8-13,16,26H,3,6-7,14-15H2. The summed E-state index contributed by atoms with van der Waals surface area (Å²) in [4.78, 5) is 2.27. The van der Waals surface area contributed by atoms with Crippen LogP contribution in [0.25, 0.3) is 0 Å². The first kappa shape index (κ1) is 20.8. The average molecular weight is 445 g/mol. The number of anilines is 2. The van der Waals surface area contributed by atoms with E-state index in [1.165, 1.54) is 23.3 Å². The molecule has 4 nitrogen and oxygen atoms in total. The van der Waals surface area contributed by atoms with E-state index < -0.39 is 15.8 Å². The Balaban J connectivity index is 1.50. The highest BCUT2D eigenvalue weighted by atomic mass is 35.5. The van der Waals surface area contributed by atoms with Crippen LogP contribution < -0.4 is 9.62 Å². The summed E-state index contributed by atoms with van der Waals surface area (Å²) < 4.78 is 40.5. The normalized spacial score (nSPS) is 13.5. The zero-order chi connectivity index (χ0) is 21.1. The lowest BCUT2D eigenvalue weighted by atomic mass is 10.0. The Morgan fingerprint density at radius 2 is 1.63 bits per heavy atom. The number of sulfonamides is 1.